The van der Waals surface area contributed by atoms with Crippen LogP contribution < -0.4 is 0 Å². The normalized spacial score (nSPS) is 29.1. The summed E-state index contributed by atoms with van der Waals surface area (Å²) in [7, 11) is 1.98. The number of carboxylic acids is 1. The summed E-state index contributed by atoms with van der Waals surface area (Å²) >= 11 is 1.59. The molecule has 0 aromatic carbocycles. The van der Waals surface area contributed by atoms with Gasteiger partial charge in [-0.3, -0.25) is 9.59 Å². The summed E-state index contributed by atoms with van der Waals surface area (Å²) in [4.78, 5) is 29.4. The quantitative estimate of drug-likeness (QED) is 0.920. The Labute approximate surface area is 134 Å². The fourth-order valence-electron chi connectivity index (χ4n) is 3.89. The number of rotatable bonds is 3. The second kappa shape index (κ2) is 6.01. The molecule has 0 unspecified atom stereocenters. The zero-order valence-corrected chi connectivity index (χ0v) is 13.6. The maximum Gasteiger partial charge on any atom is 0.311 e. The van der Waals surface area contributed by atoms with Crippen LogP contribution in [0.5, 0.6) is 0 Å². The van der Waals surface area contributed by atoms with Crippen LogP contribution in [0.15, 0.2) is 17.5 Å². The number of likely N-dealkylation sites (tertiary alicyclic amines) is 2. The highest BCUT2D eigenvalue weighted by molar-refractivity contribution is 7.10. The van der Waals surface area contributed by atoms with Crippen molar-refractivity contribution in [1.29, 1.82) is 0 Å². The van der Waals surface area contributed by atoms with E-state index in [4.69, 9.17) is 0 Å². The number of amides is 1. The number of hydrogen-bond donors (Lipinski definition) is 1. The fraction of sp³-hybridized carbons (Fsp3) is 0.625. The van der Waals surface area contributed by atoms with Crippen LogP contribution >= 0.6 is 11.3 Å². The molecule has 2 saturated heterocycles. The van der Waals surface area contributed by atoms with Crippen molar-refractivity contribution in [3.63, 3.8) is 0 Å². The number of fused-ring (bicyclic) bond motifs is 1. The average molecular weight is 322 g/mol. The Kier molecular flexibility index (Phi) is 4.23. The minimum atomic E-state index is -0.700. The molecule has 0 aliphatic carbocycles. The van der Waals surface area contributed by atoms with E-state index >= 15 is 0 Å². The van der Waals surface area contributed by atoms with Crippen molar-refractivity contribution in [3.8, 4) is 0 Å². The Morgan fingerprint density at radius 2 is 2.23 bits per heavy atom. The molecule has 2 fully saturated rings. The van der Waals surface area contributed by atoms with E-state index in [9.17, 15) is 14.7 Å². The molecule has 1 N–H and O–H groups in total. The van der Waals surface area contributed by atoms with Crippen LogP contribution in [-0.2, 0) is 16.0 Å². The Hall–Kier alpha value is -1.40. The molecule has 1 amide bonds. The first kappa shape index (κ1) is 15.5. The van der Waals surface area contributed by atoms with Gasteiger partial charge in [-0.05, 0) is 44.3 Å². The van der Waals surface area contributed by atoms with E-state index in [0.29, 0.717) is 25.9 Å². The number of aliphatic carboxylic acids is 1. The van der Waals surface area contributed by atoms with Gasteiger partial charge in [0.1, 0.15) is 0 Å². The molecular formula is C16H22N2O3S. The van der Waals surface area contributed by atoms with Gasteiger partial charge < -0.3 is 14.9 Å². The highest BCUT2D eigenvalue weighted by Crippen LogP contribution is 2.42. The van der Waals surface area contributed by atoms with Crippen molar-refractivity contribution in [3.05, 3.63) is 22.4 Å². The number of carbonyl (C=O) groups is 2. The number of carbonyl (C=O) groups excluding carboxylic acids is 1. The monoisotopic (exact) mass is 322 g/mol. The Morgan fingerprint density at radius 1 is 1.41 bits per heavy atom. The summed E-state index contributed by atoms with van der Waals surface area (Å²) < 4.78 is 0. The minimum Gasteiger partial charge on any atom is -0.481 e. The summed E-state index contributed by atoms with van der Waals surface area (Å²) in [6, 6.07) is 3.86. The second-order valence-electron chi connectivity index (χ2n) is 6.41. The van der Waals surface area contributed by atoms with Crippen molar-refractivity contribution in [2.45, 2.75) is 31.7 Å². The molecule has 6 heteroatoms. The van der Waals surface area contributed by atoms with Gasteiger partial charge in [0.05, 0.1) is 11.8 Å². The fourth-order valence-corrected chi connectivity index (χ4v) is 4.58. The van der Waals surface area contributed by atoms with E-state index < -0.39 is 11.4 Å². The Morgan fingerprint density at radius 3 is 2.91 bits per heavy atom. The molecule has 0 spiro atoms. The second-order valence-corrected chi connectivity index (χ2v) is 7.44. The van der Waals surface area contributed by atoms with Gasteiger partial charge in [-0.1, -0.05) is 6.07 Å². The average Bonchev–Trinajstić information content (AvgIpc) is 3.00. The smallest absolute Gasteiger partial charge is 0.311 e. The molecule has 22 heavy (non-hydrogen) atoms. The molecular weight excluding hydrogens is 300 g/mol. The summed E-state index contributed by atoms with van der Waals surface area (Å²) in [5, 5.41) is 11.7. The van der Waals surface area contributed by atoms with Crippen molar-refractivity contribution in [2.24, 2.45) is 5.41 Å². The largest absolute Gasteiger partial charge is 0.481 e. The van der Waals surface area contributed by atoms with Gasteiger partial charge in [0.2, 0.25) is 5.91 Å². The lowest BCUT2D eigenvalue weighted by Crippen LogP contribution is -2.63. The predicted molar refractivity (Wildman–Crippen MR) is 84.9 cm³/mol. The first-order valence-electron chi connectivity index (χ1n) is 7.77. The first-order valence-corrected chi connectivity index (χ1v) is 8.65. The lowest BCUT2D eigenvalue weighted by molar-refractivity contribution is -0.165. The third kappa shape index (κ3) is 2.65. The topological polar surface area (TPSA) is 60.9 Å². The van der Waals surface area contributed by atoms with Crippen molar-refractivity contribution < 1.29 is 14.7 Å². The van der Waals surface area contributed by atoms with Gasteiger partial charge in [0.25, 0.3) is 0 Å². The number of thiophene rings is 1. The molecule has 120 valence electrons. The van der Waals surface area contributed by atoms with Crippen molar-refractivity contribution >= 4 is 23.2 Å². The third-order valence-corrected chi connectivity index (χ3v) is 6.09. The molecule has 0 bridgehead atoms. The molecule has 0 saturated carbocycles. The summed E-state index contributed by atoms with van der Waals surface area (Å²) in [6.45, 7) is 2.00. The first-order chi connectivity index (χ1) is 10.5. The molecule has 3 rings (SSSR count). The van der Waals surface area contributed by atoms with Crippen LogP contribution in [0.25, 0.3) is 0 Å². The summed E-state index contributed by atoms with van der Waals surface area (Å²) in [5.74, 6) is -0.588. The number of piperidine rings is 2. The number of nitrogens with zero attached hydrogens (tertiary/aromatic N) is 2. The number of carboxylic acid groups (broad SMARTS) is 1. The Balaban J connectivity index is 1.73. The molecule has 2 aliphatic rings. The van der Waals surface area contributed by atoms with Crippen LogP contribution in [-0.4, -0.2) is 59.5 Å². The predicted octanol–water partition coefficient (Wildman–Crippen LogP) is 1.69. The minimum absolute atomic E-state index is 0.0696. The van der Waals surface area contributed by atoms with Crippen LogP contribution in [0.2, 0.25) is 0 Å². The molecule has 2 atom stereocenters. The molecule has 5 nitrogen and oxygen atoms in total. The highest BCUT2D eigenvalue weighted by atomic mass is 32.1. The maximum absolute atomic E-state index is 12.5. The van der Waals surface area contributed by atoms with Gasteiger partial charge >= 0.3 is 5.97 Å². The third-order valence-electron chi connectivity index (χ3n) is 5.21. The highest BCUT2D eigenvalue weighted by Gasteiger charge is 2.52. The van der Waals surface area contributed by atoms with Gasteiger partial charge in [0.15, 0.2) is 0 Å². The number of hydrogen-bond acceptors (Lipinski definition) is 4. The van der Waals surface area contributed by atoms with E-state index in [0.717, 1.165) is 24.3 Å². The SMILES string of the molecule is CN1CCC[C@]2(C(=O)O)CCN(C(=O)Cc3cccs3)C[C@@H]12. The molecule has 3 heterocycles. The van der Waals surface area contributed by atoms with Gasteiger partial charge in [-0.25, -0.2) is 0 Å². The van der Waals surface area contributed by atoms with Crippen LogP contribution in [0, 0.1) is 5.41 Å². The number of likely N-dealkylation sites (N-methyl/N-ethyl adjacent to an activating group) is 1. The van der Waals surface area contributed by atoms with Crippen LogP contribution in [0.4, 0.5) is 0 Å². The van der Waals surface area contributed by atoms with E-state index in [-0.39, 0.29) is 11.9 Å². The van der Waals surface area contributed by atoms with Crippen LogP contribution in [0.3, 0.4) is 0 Å². The standard InChI is InChI=1S/C16H22N2O3S/c1-17-7-3-5-16(15(20)21)6-8-18(11-13(16)17)14(19)10-12-4-2-9-22-12/h2,4,9,13H,3,5-8,10-11H2,1H3,(H,20,21)/t13-,16+/m1/s1. The molecule has 0 radical (unpaired) electrons. The van der Waals surface area contributed by atoms with Crippen molar-refractivity contribution in [1.82, 2.24) is 9.80 Å². The van der Waals surface area contributed by atoms with E-state index in [1.807, 2.05) is 29.5 Å². The summed E-state index contributed by atoms with van der Waals surface area (Å²) in [5.41, 5.74) is -0.674. The van der Waals surface area contributed by atoms with E-state index in [1.54, 1.807) is 11.3 Å². The van der Waals surface area contributed by atoms with E-state index in [1.165, 1.54) is 0 Å². The van der Waals surface area contributed by atoms with E-state index in [2.05, 4.69) is 4.90 Å². The zero-order valence-electron chi connectivity index (χ0n) is 12.8. The van der Waals surface area contributed by atoms with Gasteiger partial charge in [-0.2, -0.15) is 0 Å². The van der Waals surface area contributed by atoms with Crippen molar-refractivity contribution in [2.75, 3.05) is 26.7 Å². The lowest BCUT2D eigenvalue weighted by atomic mass is 9.68. The lowest BCUT2D eigenvalue weighted by Gasteiger charge is -2.51. The summed E-state index contributed by atoms with van der Waals surface area (Å²) in [6.07, 6.45) is 2.63. The van der Waals surface area contributed by atoms with Gasteiger partial charge in [-0.15, -0.1) is 11.3 Å². The molecule has 1 aromatic rings. The molecule has 1 aromatic heterocycles. The van der Waals surface area contributed by atoms with Gasteiger partial charge in [0, 0.05) is 24.0 Å². The maximum atomic E-state index is 12.5. The Bertz CT molecular complexity index is 560. The van der Waals surface area contributed by atoms with Crippen LogP contribution in [0.1, 0.15) is 24.1 Å². The zero-order chi connectivity index (χ0) is 15.7. The molecule has 2 aliphatic heterocycles.